The Morgan fingerprint density at radius 2 is 1.90 bits per heavy atom. The minimum Gasteiger partial charge on any atom is -0.485 e. The first-order valence-electron chi connectivity index (χ1n) is 10.1. The smallest absolute Gasteiger partial charge is 0.230 e. The Kier molecular flexibility index (Phi) is 7.68. The number of benzene rings is 2. The normalized spacial score (nSPS) is 11.0. The fourth-order valence-corrected chi connectivity index (χ4v) is 3.93. The highest BCUT2D eigenvalue weighted by Crippen LogP contribution is 2.24. The van der Waals surface area contributed by atoms with E-state index in [4.69, 9.17) is 4.74 Å². The molecule has 0 aliphatic rings. The van der Waals surface area contributed by atoms with Crippen molar-refractivity contribution in [2.45, 2.75) is 52.0 Å². The third-order valence-corrected chi connectivity index (χ3v) is 5.63. The van der Waals surface area contributed by atoms with E-state index in [0.717, 1.165) is 22.4 Å². The van der Waals surface area contributed by atoms with Crippen LogP contribution in [0.2, 0.25) is 0 Å². The maximum atomic E-state index is 13.0. The molecule has 0 aliphatic heterocycles. The van der Waals surface area contributed by atoms with Gasteiger partial charge in [-0.25, -0.2) is 4.39 Å². The standard InChI is InChI=1S/C23H27FN4O2S/c1-15(2)28-21(13-30-20-11-16(3)5-6-17(20)4)26-27-23(28)31-14-22(29)25-12-18-7-9-19(24)10-8-18/h5-11,15H,12-14H2,1-4H3,(H,25,29). The van der Waals surface area contributed by atoms with Gasteiger partial charge in [-0.2, -0.15) is 0 Å². The highest BCUT2D eigenvalue weighted by molar-refractivity contribution is 7.99. The number of rotatable bonds is 9. The lowest BCUT2D eigenvalue weighted by molar-refractivity contribution is -0.118. The van der Waals surface area contributed by atoms with Crippen molar-refractivity contribution in [3.05, 3.63) is 70.8 Å². The number of nitrogens with one attached hydrogen (secondary N) is 1. The molecule has 3 aromatic rings. The van der Waals surface area contributed by atoms with Crippen LogP contribution in [0.1, 0.15) is 42.4 Å². The van der Waals surface area contributed by atoms with Crippen molar-refractivity contribution in [1.82, 2.24) is 20.1 Å². The van der Waals surface area contributed by atoms with E-state index in [-0.39, 0.29) is 23.5 Å². The van der Waals surface area contributed by atoms with Crippen molar-refractivity contribution in [2.24, 2.45) is 0 Å². The van der Waals surface area contributed by atoms with Gasteiger partial charge in [-0.05, 0) is 62.6 Å². The molecule has 0 fully saturated rings. The molecule has 164 valence electrons. The van der Waals surface area contributed by atoms with Crippen molar-refractivity contribution in [1.29, 1.82) is 0 Å². The van der Waals surface area contributed by atoms with Crippen LogP contribution in [0.5, 0.6) is 5.75 Å². The molecule has 1 amide bonds. The van der Waals surface area contributed by atoms with Crippen LogP contribution in [0.25, 0.3) is 0 Å². The van der Waals surface area contributed by atoms with Crippen LogP contribution in [-0.2, 0) is 17.9 Å². The van der Waals surface area contributed by atoms with E-state index in [1.54, 1.807) is 12.1 Å². The zero-order valence-corrected chi connectivity index (χ0v) is 19.0. The summed E-state index contributed by atoms with van der Waals surface area (Å²) >= 11 is 1.33. The molecule has 0 unspecified atom stereocenters. The summed E-state index contributed by atoms with van der Waals surface area (Å²) in [6.07, 6.45) is 0. The minimum atomic E-state index is -0.295. The van der Waals surface area contributed by atoms with E-state index < -0.39 is 0 Å². The second-order valence-corrected chi connectivity index (χ2v) is 8.55. The first kappa shape index (κ1) is 22.8. The van der Waals surface area contributed by atoms with Crippen molar-refractivity contribution in [2.75, 3.05) is 5.75 Å². The van der Waals surface area contributed by atoms with Crippen molar-refractivity contribution >= 4 is 17.7 Å². The van der Waals surface area contributed by atoms with E-state index >= 15 is 0 Å². The summed E-state index contributed by atoms with van der Waals surface area (Å²) in [7, 11) is 0. The van der Waals surface area contributed by atoms with E-state index in [1.807, 2.05) is 44.4 Å². The SMILES string of the molecule is Cc1ccc(C)c(OCc2nnc(SCC(=O)NCc3ccc(F)cc3)n2C(C)C)c1. The molecular formula is C23H27FN4O2S. The topological polar surface area (TPSA) is 69.0 Å². The van der Waals surface area contributed by atoms with Crippen LogP contribution in [0.15, 0.2) is 47.6 Å². The molecule has 8 heteroatoms. The number of halogens is 1. The Bertz CT molecular complexity index is 1030. The van der Waals surface area contributed by atoms with E-state index in [2.05, 4.69) is 21.6 Å². The Labute approximate surface area is 186 Å². The summed E-state index contributed by atoms with van der Waals surface area (Å²) in [4.78, 5) is 12.2. The maximum absolute atomic E-state index is 13.0. The van der Waals surface area contributed by atoms with Crippen LogP contribution < -0.4 is 10.1 Å². The second-order valence-electron chi connectivity index (χ2n) is 7.61. The molecule has 0 radical (unpaired) electrons. The minimum absolute atomic E-state index is 0.122. The Morgan fingerprint density at radius 1 is 1.16 bits per heavy atom. The van der Waals surface area contributed by atoms with Gasteiger partial charge < -0.3 is 14.6 Å². The number of aryl methyl sites for hydroxylation is 2. The van der Waals surface area contributed by atoms with Gasteiger partial charge in [-0.3, -0.25) is 4.79 Å². The molecule has 0 saturated carbocycles. The fourth-order valence-electron chi connectivity index (χ4n) is 3.01. The Hall–Kier alpha value is -2.87. The average Bonchev–Trinajstić information content (AvgIpc) is 3.15. The van der Waals surface area contributed by atoms with Crippen LogP contribution in [-0.4, -0.2) is 26.4 Å². The van der Waals surface area contributed by atoms with Crippen molar-refractivity contribution < 1.29 is 13.9 Å². The van der Waals surface area contributed by atoms with Gasteiger partial charge in [0, 0.05) is 12.6 Å². The fraction of sp³-hybridized carbons (Fsp3) is 0.348. The molecule has 1 heterocycles. The molecule has 6 nitrogen and oxygen atoms in total. The summed E-state index contributed by atoms with van der Waals surface area (Å²) in [5, 5.41) is 12.1. The van der Waals surface area contributed by atoms with Crippen molar-refractivity contribution in [3.8, 4) is 5.75 Å². The molecule has 2 aromatic carbocycles. The van der Waals surface area contributed by atoms with Gasteiger partial charge in [0.05, 0.1) is 5.75 Å². The van der Waals surface area contributed by atoms with Crippen LogP contribution >= 0.6 is 11.8 Å². The summed E-state index contributed by atoms with van der Waals surface area (Å²) in [5.41, 5.74) is 3.04. The molecule has 0 saturated heterocycles. The van der Waals surface area contributed by atoms with E-state index in [9.17, 15) is 9.18 Å². The van der Waals surface area contributed by atoms with Gasteiger partial charge in [0.2, 0.25) is 5.91 Å². The Morgan fingerprint density at radius 3 is 2.61 bits per heavy atom. The second kappa shape index (κ2) is 10.4. The van der Waals surface area contributed by atoms with E-state index in [1.165, 1.54) is 23.9 Å². The predicted octanol–water partition coefficient (Wildman–Crippen LogP) is 4.60. The highest BCUT2D eigenvalue weighted by Gasteiger charge is 2.17. The number of ether oxygens (including phenoxy) is 1. The monoisotopic (exact) mass is 442 g/mol. The van der Waals surface area contributed by atoms with Crippen molar-refractivity contribution in [3.63, 3.8) is 0 Å². The lowest BCUT2D eigenvalue weighted by atomic mass is 10.1. The summed E-state index contributed by atoms with van der Waals surface area (Å²) < 4.78 is 21.0. The number of carbonyl (C=O) groups excluding carboxylic acids is 1. The molecule has 3 rings (SSSR count). The summed E-state index contributed by atoms with van der Waals surface area (Å²) in [6.45, 7) is 8.78. The van der Waals surface area contributed by atoms with Gasteiger partial charge in [0.25, 0.3) is 0 Å². The maximum Gasteiger partial charge on any atom is 0.230 e. The molecule has 0 bridgehead atoms. The molecule has 0 spiro atoms. The van der Waals surface area contributed by atoms with Gasteiger partial charge in [-0.15, -0.1) is 10.2 Å². The zero-order valence-electron chi connectivity index (χ0n) is 18.2. The number of thioether (sulfide) groups is 1. The number of aromatic nitrogens is 3. The quantitative estimate of drug-likeness (QED) is 0.491. The first-order valence-corrected chi connectivity index (χ1v) is 11.1. The van der Waals surface area contributed by atoms with Crippen LogP contribution in [0.3, 0.4) is 0 Å². The number of nitrogens with zero attached hydrogens (tertiary/aromatic N) is 3. The Balaban J connectivity index is 1.58. The molecule has 0 aliphatic carbocycles. The van der Waals surface area contributed by atoms with E-state index in [0.29, 0.717) is 24.1 Å². The first-order chi connectivity index (χ1) is 14.8. The third-order valence-electron chi connectivity index (χ3n) is 4.69. The van der Waals surface area contributed by atoms with Gasteiger partial charge in [-0.1, -0.05) is 36.0 Å². The van der Waals surface area contributed by atoms with Crippen LogP contribution in [0, 0.1) is 19.7 Å². The number of hydrogen-bond acceptors (Lipinski definition) is 5. The number of hydrogen-bond donors (Lipinski definition) is 1. The van der Waals surface area contributed by atoms with Gasteiger partial charge in [0.1, 0.15) is 18.2 Å². The van der Waals surface area contributed by atoms with Gasteiger partial charge in [0.15, 0.2) is 11.0 Å². The lowest BCUT2D eigenvalue weighted by Crippen LogP contribution is -2.24. The predicted molar refractivity (Wildman–Crippen MR) is 120 cm³/mol. The molecule has 1 N–H and O–H groups in total. The lowest BCUT2D eigenvalue weighted by Gasteiger charge is -2.15. The third kappa shape index (κ3) is 6.30. The summed E-state index contributed by atoms with van der Waals surface area (Å²) in [5.74, 6) is 1.33. The number of amides is 1. The highest BCUT2D eigenvalue weighted by atomic mass is 32.2. The molecule has 1 aromatic heterocycles. The van der Waals surface area contributed by atoms with Crippen LogP contribution in [0.4, 0.5) is 4.39 Å². The molecule has 0 atom stereocenters. The molecular weight excluding hydrogens is 415 g/mol. The molecule has 31 heavy (non-hydrogen) atoms. The largest absolute Gasteiger partial charge is 0.485 e. The zero-order chi connectivity index (χ0) is 22.4. The number of carbonyl (C=O) groups is 1. The summed E-state index contributed by atoms with van der Waals surface area (Å²) in [6, 6.07) is 12.3. The van der Waals surface area contributed by atoms with Gasteiger partial charge >= 0.3 is 0 Å². The average molecular weight is 443 g/mol.